The molecule has 2 aromatic carbocycles. The van der Waals surface area contributed by atoms with Gasteiger partial charge in [0.15, 0.2) is 0 Å². The zero-order chi connectivity index (χ0) is 23.3. The number of pyridine rings is 1. The third-order valence-corrected chi connectivity index (χ3v) is 6.16. The molecule has 8 heteroatoms. The van der Waals surface area contributed by atoms with Gasteiger partial charge in [0, 0.05) is 24.1 Å². The molecule has 0 aliphatic heterocycles. The van der Waals surface area contributed by atoms with Crippen LogP contribution in [0.1, 0.15) is 44.6 Å². The summed E-state index contributed by atoms with van der Waals surface area (Å²) in [7, 11) is 0. The van der Waals surface area contributed by atoms with E-state index in [1.165, 1.54) is 22.6 Å². The van der Waals surface area contributed by atoms with Crippen LogP contribution in [0, 0.1) is 18.6 Å². The number of imidazole rings is 1. The van der Waals surface area contributed by atoms with Crippen LogP contribution in [0.3, 0.4) is 0 Å². The molecule has 2 heterocycles. The number of carbonyl (C=O) groups excluding carboxylic acids is 1. The Balaban J connectivity index is 1.59. The standard InChI is InChI=1S/C25H21F2N3O3/c1-14-23(25(32)30(33)24-17-8-3-2-6-15(17)12-21(24)31)29-16(7-4-11-22(29)28-14)13-18-19(26)9-5-10-20(18)27/h2-11,21,24,31,33H,12-13H2,1H3/t21-,24-/m1/s1. The van der Waals surface area contributed by atoms with E-state index in [0.29, 0.717) is 34.1 Å². The van der Waals surface area contributed by atoms with Crippen LogP contribution in [0.5, 0.6) is 0 Å². The lowest BCUT2D eigenvalue weighted by atomic mass is 10.1. The van der Waals surface area contributed by atoms with Crippen molar-refractivity contribution in [3.05, 3.63) is 106 Å². The number of fused-ring (bicyclic) bond motifs is 2. The number of hydrogen-bond acceptors (Lipinski definition) is 4. The largest absolute Gasteiger partial charge is 0.390 e. The van der Waals surface area contributed by atoms with Crippen molar-refractivity contribution in [2.75, 3.05) is 0 Å². The molecule has 0 bridgehead atoms. The van der Waals surface area contributed by atoms with Gasteiger partial charge in [-0.15, -0.1) is 0 Å². The molecule has 33 heavy (non-hydrogen) atoms. The monoisotopic (exact) mass is 449 g/mol. The number of hydroxylamine groups is 2. The zero-order valence-electron chi connectivity index (χ0n) is 17.7. The molecule has 0 radical (unpaired) electrons. The Hall–Kier alpha value is -3.62. The number of nitrogens with zero attached hydrogens (tertiary/aromatic N) is 3. The first kappa shape index (κ1) is 21.2. The highest BCUT2D eigenvalue weighted by Crippen LogP contribution is 2.36. The van der Waals surface area contributed by atoms with Crippen LogP contribution in [0.2, 0.25) is 0 Å². The number of aliphatic hydroxyl groups is 1. The highest BCUT2D eigenvalue weighted by molar-refractivity contribution is 5.94. The number of aryl methyl sites for hydroxylation is 1. The first-order chi connectivity index (χ1) is 15.9. The van der Waals surface area contributed by atoms with Gasteiger partial charge in [0.25, 0.3) is 5.91 Å². The van der Waals surface area contributed by atoms with Gasteiger partial charge in [0.05, 0.1) is 11.8 Å². The van der Waals surface area contributed by atoms with E-state index in [2.05, 4.69) is 4.98 Å². The summed E-state index contributed by atoms with van der Waals surface area (Å²) in [5.74, 6) is -2.14. The van der Waals surface area contributed by atoms with Crippen LogP contribution in [0.15, 0.2) is 60.7 Å². The average molecular weight is 449 g/mol. The summed E-state index contributed by atoms with van der Waals surface area (Å²) < 4.78 is 30.1. The Morgan fingerprint density at radius 1 is 1.09 bits per heavy atom. The molecule has 4 aromatic rings. The number of halogens is 2. The number of carbonyl (C=O) groups is 1. The lowest BCUT2D eigenvalue weighted by Gasteiger charge is -2.26. The SMILES string of the molecule is Cc1nc2cccc(Cc3c(F)cccc3F)n2c1C(=O)N(O)[C@@H]1c2ccccc2C[C@H]1O. The number of rotatable bonds is 4. The second kappa shape index (κ2) is 8.06. The maximum atomic E-state index is 14.3. The van der Waals surface area contributed by atoms with E-state index < -0.39 is 29.7 Å². The van der Waals surface area contributed by atoms with Crippen molar-refractivity contribution in [3.63, 3.8) is 0 Å². The summed E-state index contributed by atoms with van der Waals surface area (Å²) in [6.07, 6.45) is -0.774. The van der Waals surface area contributed by atoms with Crippen molar-refractivity contribution in [3.8, 4) is 0 Å². The van der Waals surface area contributed by atoms with E-state index in [4.69, 9.17) is 0 Å². The van der Waals surface area contributed by atoms with E-state index in [0.717, 1.165) is 5.56 Å². The molecule has 1 aliphatic carbocycles. The number of hydrogen-bond donors (Lipinski definition) is 2. The van der Waals surface area contributed by atoms with E-state index in [-0.39, 0.29) is 17.7 Å². The summed E-state index contributed by atoms with van der Waals surface area (Å²) in [6.45, 7) is 1.63. The van der Waals surface area contributed by atoms with Crippen molar-refractivity contribution in [2.24, 2.45) is 0 Å². The molecular formula is C25H21F2N3O3. The van der Waals surface area contributed by atoms with Crippen molar-refractivity contribution in [1.82, 2.24) is 14.4 Å². The fraction of sp³-hybridized carbons (Fsp3) is 0.200. The average Bonchev–Trinajstić information content (AvgIpc) is 3.31. The lowest BCUT2D eigenvalue weighted by molar-refractivity contribution is -0.116. The van der Waals surface area contributed by atoms with Gasteiger partial charge in [0.2, 0.25) is 0 Å². The quantitative estimate of drug-likeness (QED) is 0.365. The molecule has 2 N–H and O–H groups in total. The van der Waals surface area contributed by atoms with Crippen LogP contribution in [0.25, 0.3) is 5.65 Å². The van der Waals surface area contributed by atoms with Gasteiger partial charge in [-0.05, 0) is 42.3 Å². The minimum absolute atomic E-state index is 0.0661. The van der Waals surface area contributed by atoms with E-state index >= 15 is 0 Å². The topological polar surface area (TPSA) is 78.1 Å². The van der Waals surface area contributed by atoms with Crippen LogP contribution in [0.4, 0.5) is 8.78 Å². The van der Waals surface area contributed by atoms with Gasteiger partial charge < -0.3 is 5.11 Å². The molecule has 0 spiro atoms. The molecule has 1 amide bonds. The second-order valence-corrected chi connectivity index (χ2v) is 8.20. The molecule has 6 nitrogen and oxygen atoms in total. The number of benzene rings is 2. The Kier molecular flexibility index (Phi) is 5.19. The van der Waals surface area contributed by atoms with Gasteiger partial charge >= 0.3 is 0 Å². The first-order valence-corrected chi connectivity index (χ1v) is 10.5. The molecule has 2 aromatic heterocycles. The third-order valence-electron chi connectivity index (χ3n) is 6.16. The molecule has 0 fully saturated rings. The molecule has 0 unspecified atom stereocenters. The Morgan fingerprint density at radius 3 is 2.55 bits per heavy atom. The summed E-state index contributed by atoms with van der Waals surface area (Å²) in [6, 6.07) is 15.0. The first-order valence-electron chi connectivity index (χ1n) is 10.5. The fourth-order valence-corrected chi connectivity index (χ4v) is 4.63. The van der Waals surface area contributed by atoms with Crippen LogP contribution < -0.4 is 0 Å². The molecular weight excluding hydrogens is 428 g/mol. The van der Waals surface area contributed by atoms with Crippen molar-refractivity contribution >= 4 is 11.6 Å². The second-order valence-electron chi connectivity index (χ2n) is 8.20. The summed E-state index contributed by atoms with van der Waals surface area (Å²) in [5.41, 5.74) is 2.65. The Morgan fingerprint density at radius 2 is 1.79 bits per heavy atom. The Bertz CT molecular complexity index is 1360. The van der Waals surface area contributed by atoms with Gasteiger partial charge in [-0.25, -0.2) is 18.8 Å². The number of aromatic nitrogens is 2. The third kappa shape index (κ3) is 3.48. The smallest absolute Gasteiger partial charge is 0.296 e. The summed E-state index contributed by atoms with van der Waals surface area (Å²) in [4.78, 5) is 17.9. The Labute approximate surface area is 188 Å². The van der Waals surface area contributed by atoms with E-state index in [9.17, 15) is 23.9 Å². The van der Waals surface area contributed by atoms with Gasteiger partial charge in [-0.1, -0.05) is 36.4 Å². The van der Waals surface area contributed by atoms with Crippen LogP contribution in [-0.4, -0.2) is 36.8 Å². The van der Waals surface area contributed by atoms with Crippen LogP contribution >= 0.6 is 0 Å². The van der Waals surface area contributed by atoms with E-state index in [1.807, 2.05) is 12.1 Å². The van der Waals surface area contributed by atoms with Gasteiger partial charge in [0.1, 0.15) is 29.0 Å². The summed E-state index contributed by atoms with van der Waals surface area (Å²) >= 11 is 0. The van der Waals surface area contributed by atoms with Gasteiger partial charge in [-0.2, -0.15) is 0 Å². The molecule has 168 valence electrons. The minimum atomic E-state index is -0.970. The predicted octanol–water partition coefficient (Wildman–Crippen LogP) is 4.00. The lowest BCUT2D eigenvalue weighted by Crippen LogP contribution is -2.37. The number of aliphatic hydroxyl groups excluding tert-OH is 1. The van der Waals surface area contributed by atoms with Crippen molar-refractivity contribution in [2.45, 2.75) is 31.9 Å². The molecule has 0 saturated carbocycles. The summed E-state index contributed by atoms with van der Waals surface area (Å²) in [5, 5.41) is 22.0. The normalized spacial score (nSPS) is 17.4. The molecule has 0 saturated heterocycles. The predicted molar refractivity (Wildman–Crippen MR) is 116 cm³/mol. The number of amides is 1. The maximum Gasteiger partial charge on any atom is 0.296 e. The molecule has 5 rings (SSSR count). The fourth-order valence-electron chi connectivity index (χ4n) is 4.63. The maximum absolute atomic E-state index is 14.3. The highest BCUT2D eigenvalue weighted by atomic mass is 19.1. The highest BCUT2D eigenvalue weighted by Gasteiger charge is 2.39. The molecule has 1 aliphatic rings. The van der Waals surface area contributed by atoms with Gasteiger partial charge in [-0.3, -0.25) is 14.4 Å². The van der Waals surface area contributed by atoms with Crippen LogP contribution in [-0.2, 0) is 12.8 Å². The molecule has 2 atom stereocenters. The van der Waals surface area contributed by atoms with Crippen molar-refractivity contribution in [1.29, 1.82) is 0 Å². The van der Waals surface area contributed by atoms with Crippen molar-refractivity contribution < 1.29 is 23.9 Å². The van der Waals surface area contributed by atoms with E-state index in [1.54, 1.807) is 37.3 Å². The zero-order valence-corrected chi connectivity index (χ0v) is 17.7. The minimum Gasteiger partial charge on any atom is -0.390 e.